The highest BCUT2D eigenvalue weighted by Crippen LogP contribution is 2.29. The Morgan fingerprint density at radius 3 is 2.55 bits per heavy atom. The van der Waals surface area contributed by atoms with Crippen LogP contribution in [0.3, 0.4) is 0 Å². The molecule has 0 saturated carbocycles. The standard InChI is InChI=1S/C16H20N2O2/c1-11(13-6-7-15(19)16(9-13)20-3)18-12(2)14-5-4-8-17-10-14/h4-12,18-19H,1-3H3/t11?,12-/m1/s1. The molecule has 0 aliphatic rings. The summed E-state index contributed by atoms with van der Waals surface area (Å²) >= 11 is 0. The summed E-state index contributed by atoms with van der Waals surface area (Å²) in [5, 5.41) is 13.1. The Hall–Kier alpha value is -2.07. The van der Waals surface area contributed by atoms with Gasteiger partial charge in [-0.25, -0.2) is 0 Å². The van der Waals surface area contributed by atoms with Gasteiger partial charge < -0.3 is 15.2 Å². The summed E-state index contributed by atoms with van der Waals surface area (Å²) < 4.78 is 5.14. The molecule has 2 aromatic rings. The van der Waals surface area contributed by atoms with Crippen molar-refractivity contribution >= 4 is 0 Å². The molecule has 0 bridgehead atoms. The normalized spacial score (nSPS) is 13.8. The van der Waals surface area contributed by atoms with Crippen molar-refractivity contribution in [3.05, 3.63) is 53.9 Å². The van der Waals surface area contributed by atoms with Crippen molar-refractivity contribution in [3.8, 4) is 11.5 Å². The fourth-order valence-corrected chi connectivity index (χ4v) is 2.16. The number of aromatic hydroxyl groups is 1. The highest BCUT2D eigenvalue weighted by molar-refractivity contribution is 5.42. The maximum atomic E-state index is 9.62. The number of nitrogens with zero attached hydrogens (tertiary/aromatic N) is 1. The highest BCUT2D eigenvalue weighted by Gasteiger charge is 2.13. The van der Waals surface area contributed by atoms with Gasteiger partial charge in [0.25, 0.3) is 0 Å². The van der Waals surface area contributed by atoms with E-state index in [9.17, 15) is 5.11 Å². The van der Waals surface area contributed by atoms with Crippen LogP contribution >= 0.6 is 0 Å². The molecule has 1 heterocycles. The fraction of sp³-hybridized carbons (Fsp3) is 0.312. The number of pyridine rings is 1. The van der Waals surface area contributed by atoms with Gasteiger partial charge >= 0.3 is 0 Å². The van der Waals surface area contributed by atoms with Crippen LogP contribution in [0.2, 0.25) is 0 Å². The van der Waals surface area contributed by atoms with Crippen molar-refractivity contribution in [1.29, 1.82) is 0 Å². The van der Waals surface area contributed by atoms with Gasteiger partial charge in [0.2, 0.25) is 0 Å². The first-order valence-electron chi connectivity index (χ1n) is 6.64. The number of rotatable bonds is 5. The summed E-state index contributed by atoms with van der Waals surface area (Å²) in [4.78, 5) is 4.13. The lowest BCUT2D eigenvalue weighted by atomic mass is 10.0. The van der Waals surface area contributed by atoms with E-state index in [-0.39, 0.29) is 17.8 Å². The second kappa shape index (κ2) is 6.39. The second-order valence-corrected chi connectivity index (χ2v) is 4.83. The van der Waals surface area contributed by atoms with Crippen LogP contribution in [-0.2, 0) is 0 Å². The maximum absolute atomic E-state index is 9.62. The number of nitrogens with one attached hydrogen (secondary N) is 1. The van der Waals surface area contributed by atoms with E-state index >= 15 is 0 Å². The number of hydrogen-bond acceptors (Lipinski definition) is 4. The Balaban J connectivity index is 2.10. The Labute approximate surface area is 119 Å². The molecule has 0 aliphatic carbocycles. The molecule has 1 unspecified atom stereocenters. The molecular weight excluding hydrogens is 252 g/mol. The number of methoxy groups -OCH3 is 1. The first kappa shape index (κ1) is 14.3. The van der Waals surface area contributed by atoms with Crippen molar-refractivity contribution in [2.45, 2.75) is 25.9 Å². The Morgan fingerprint density at radius 2 is 1.90 bits per heavy atom. The van der Waals surface area contributed by atoms with Gasteiger partial charge in [-0.15, -0.1) is 0 Å². The van der Waals surface area contributed by atoms with Crippen molar-refractivity contribution in [2.24, 2.45) is 0 Å². The molecule has 0 saturated heterocycles. The van der Waals surface area contributed by atoms with Gasteiger partial charge in [-0.05, 0) is 43.2 Å². The fourth-order valence-electron chi connectivity index (χ4n) is 2.16. The molecule has 0 spiro atoms. The molecule has 106 valence electrons. The highest BCUT2D eigenvalue weighted by atomic mass is 16.5. The first-order valence-corrected chi connectivity index (χ1v) is 6.64. The summed E-state index contributed by atoms with van der Waals surface area (Å²) in [6.45, 7) is 4.18. The molecule has 20 heavy (non-hydrogen) atoms. The topological polar surface area (TPSA) is 54.4 Å². The quantitative estimate of drug-likeness (QED) is 0.877. The van der Waals surface area contributed by atoms with E-state index in [4.69, 9.17) is 4.74 Å². The van der Waals surface area contributed by atoms with Gasteiger partial charge in [0.1, 0.15) is 0 Å². The first-order chi connectivity index (χ1) is 9.61. The molecule has 2 rings (SSSR count). The van der Waals surface area contributed by atoms with Crippen LogP contribution in [-0.4, -0.2) is 17.2 Å². The summed E-state index contributed by atoms with van der Waals surface area (Å²) in [5.41, 5.74) is 2.21. The van der Waals surface area contributed by atoms with Crippen LogP contribution < -0.4 is 10.1 Å². The average Bonchev–Trinajstić information content (AvgIpc) is 2.48. The van der Waals surface area contributed by atoms with Crippen LogP contribution in [0.25, 0.3) is 0 Å². The zero-order valence-corrected chi connectivity index (χ0v) is 12.0. The van der Waals surface area contributed by atoms with Crippen molar-refractivity contribution in [1.82, 2.24) is 10.3 Å². The predicted molar refractivity (Wildman–Crippen MR) is 78.9 cm³/mol. The molecule has 0 fully saturated rings. The Morgan fingerprint density at radius 1 is 1.15 bits per heavy atom. The number of phenols is 1. The zero-order valence-electron chi connectivity index (χ0n) is 12.0. The van der Waals surface area contributed by atoms with E-state index in [2.05, 4.69) is 30.2 Å². The third kappa shape index (κ3) is 3.27. The van der Waals surface area contributed by atoms with E-state index in [1.807, 2.05) is 24.4 Å². The summed E-state index contributed by atoms with van der Waals surface area (Å²) in [6.07, 6.45) is 3.63. The second-order valence-electron chi connectivity index (χ2n) is 4.83. The van der Waals surface area contributed by atoms with Gasteiger partial charge in [0.15, 0.2) is 11.5 Å². The molecule has 1 aromatic carbocycles. The molecule has 0 amide bonds. The monoisotopic (exact) mass is 272 g/mol. The van der Waals surface area contributed by atoms with Crippen molar-refractivity contribution < 1.29 is 9.84 Å². The zero-order chi connectivity index (χ0) is 14.5. The minimum Gasteiger partial charge on any atom is -0.504 e. The van der Waals surface area contributed by atoms with Gasteiger partial charge in [0, 0.05) is 24.5 Å². The summed E-state index contributed by atoms with van der Waals surface area (Å²) in [6, 6.07) is 9.71. The van der Waals surface area contributed by atoms with Crippen molar-refractivity contribution in [3.63, 3.8) is 0 Å². The molecule has 4 heteroatoms. The smallest absolute Gasteiger partial charge is 0.160 e. The third-order valence-corrected chi connectivity index (χ3v) is 3.39. The van der Waals surface area contributed by atoms with E-state index < -0.39 is 0 Å². The lowest BCUT2D eigenvalue weighted by Crippen LogP contribution is -2.22. The number of aromatic nitrogens is 1. The molecular formula is C16H20N2O2. The Bertz CT molecular complexity index is 558. The molecule has 0 aliphatic heterocycles. The van der Waals surface area contributed by atoms with E-state index in [1.54, 1.807) is 19.4 Å². The van der Waals surface area contributed by atoms with E-state index in [0.717, 1.165) is 11.1 Å². The van der Waals surface area contributed by atoms with Gasteiger partial charge in [0.05, 0.1) is 7.11 Å². The minimum atomic E-state index is 0.139. The van der Waals surface area contributed by atoms with E-state index in [1.165, 1.54) is 0 Å². The molecule has 0 radical (unpaired) electrons. The van der Waals surface area contributed by atoms with Crippen LogP contribution in [0, 0.1) is 0 Å². The predicted octanol–water partition coefficient (Wildman–Crippen LogP) is 3.21. The third-order valence-electron chi connectivity index (χ3n) is 3.39. The minimum absolute atomic E-state index is 0.139. The van der Waals surface area contributed by atoms with Crippen LogP contribution in [0.1, 0.15) is 37.1 Å². The van der Waals surface area contributed by atoms with Crippen molar-refractivity contribution in [2.75, 3.05) is 7.11 Å². The molecule has 1 aromatic heterocycles. The Kier molecular flexibility index (Phi) is 4.58. The number of benzene rings is 1. The van der Waals surface area contributed by atoms with Crippen LogP contribution in [0.5, 0.6) is 11.5 Å². The molecule has 2 N–H and O–H groups in total. The molecule has 2 atom stereocenters. The summed E-state index contributed by atoms with van der Waals surface area (Å²) in [5.74, 6) is 0.647. The number of phenolic OH excluding ortho intramolecular Hbond substituents is 1. The summed E-state index contributed by atoms with van der Waals surface area (Å²) in [7, 11) is 1.55. The largest absolute Gasteiger partial charge is 0.504 e. The van der Waals surface area contributed by atoms with Crippen LogP contribution in [0.4, 0.5) is 0 Å². The average molecular weight is 272 g/mol. The van der Waals surface area contributed by atoms with E-state index in [0.29, 0.717) is 5.75 Å². The van der Waals surface area contributed by atoms with Gasteiger partial charge in [-0.3, -0.25) is 4.98 Å². The lowest BCUT2D eigenvalue weighted by molar-refractivity contribution is 0.371. The molecule has 4 nitrogen and oxygen atoms in total. The number of hydrogen-bond donors (Lipinski definition) is 2. The van der Waals surface area contributed by atoms with Gasteiger partial charge in [-0.1, -0.05) is 12.1 Å². The lowest BCUT2D eigenvalue weighted by Gasteiger charge is -2.21. The maximum Gasteiger partial charge on any atom is 0.160 e. The van der Waals surface area contributed by atoms with Gasteiger partial charge in [-0.2, -0.15) is 0 Å². The van der Waals surface area contributed by atoms with Crippen LogP contribution in [0.15, 0.2) is 42.7 Å². The SMILES string of the molecule is COc1cc(C(C)N[C@H](C)c2cccnc2)ccc1O. The number of ether oxygens (including phenoxy) is 1.